The molecular formula is C8H8BrF3N2OS. The van der Waals surface area contributed by atoms with Gasteiger partial charge >= 0.3 is 6.18 Å². The summed E-state index contributed by atoms with van der Waals surface area (Å²) < 4.78 is 36.6. The standard InChI is InChI=1S/C8H8BrF3N2OS/c9-1-2-14(4-8(10,11)12)7(15)6-3-13-5-16-6/h3,5H,1-2,4H2. The molecule has 1 amide bonds. The van der Waals surface area contributed by atoms with Gasteiger partial charge in [0.2, 0.25) is 0 Å². The Bertz CT molecular complexity index is 342. The molecule has 1 rings (SSSR count). The van der Waals surface area contributed by atoms with Crippen LogP contribution in [0, 0.1) is 0 Å². The average Bonchev–Trinajstić information content (AvgIpc) is 2.66. The lowest BCUT2D eigenvalue weighted by atomic mass is 10.4. The van der Waals surface area contributed by atoms with Crippen LogP contribution in [-0.4, -0.2) is 40.4 Å². The van der Waals surface area contributed by atoms with Crippen LogP contribution in [0.25, 0.3) is 0 Å². The Balaban J connectivity index is 2.74. The van der Waals surface area contributed by atoms with Gasteiger partial charge in [0.25, 0.3) is 5.91 Å². The van der Waals surface area contributed by atoms with Crippen LogP contribution in [0.3, 0.4) is 0 Å². The minimum absolute atomic E-state index is 0.0102. The Kier molecular flexibility index (Phi) is 4.72. The maximum atomic E-state index is 12.2. The summed E-state index contributed by atoms with van der Waals surface area (Å²) in [6.45, 7) is -1.23. The number of carbonyl (C=O) groups excluding carboxylic acids is 1. The van der Waals surface area contributed by atoms with E-state index in [1.165, 1.54) is 11.7 Å². The quantitative estimate of drug-likeness (QED) is 0.800. The molecule has 0 aliphatic heterocycles. The smallest absolute Gasteiger partial charge is 0.328 e. The largest absolute Gasteiger partial charge is 0.406 e. The van der Waals surface area contributed by atoms with E-state index in [9.17, 15) is 18.0 Å². The van der Waals surface area contributed by atoms with E-state index >= 15 is 0 Å². The highest BCUT2D eigenvalue weighted by atomic mass is 79.9. The summed E-state index contributed by atoms with van der Waals surface area (Å²) in [6, 6.07) is 0. The molecule has 1 aromatic rings. The van der Waals surface area contributed by atoms with Gasteiger partial charge in [-0.25, -0.2) is 0 Å². The van der Waals surface area contributed by atoms with E-state index in [-0.39, 0.29) is 11.4 Å². The molecule has 0 saturated carbocycles. The number of aromatic nitrogens is 1. The minimum atomic E-state index is -4.39. The van der Waals surface area contributed by atoms with Crippen molar-refractivity contribution in [1.29, 1.82) is 0 Å². The highest BCUT2D eigenvalue weighted by Crippen LogP contribution is 2.19. The first kappa shape index (κ1) is 13.4. The van der Waals surface area contributed by atoms with Crippen molar-refractivity contribution < 1.29 is 18.0 Å². The molecule has 0 aliphatic carbocycles. The number of alkyl halides is 4. The van der Waals surface area contributed by atoms with Gasteiger partial charge in [0.1, 0.15) is 11.4 Å². The second kappa shape index (κ2) is 5.62. The SMILES string of the molecule is O=C(c1cncs1)N(CCBr)CC(F)(F)F. The van der Waals surface area contributed by atoms with E-state index in [1.807, 2.05) is 0 Å². The van der Waals surface area contributed by atoms with Crippen molar-refractivity contribution >= 4 is 33.2 Å². The summed E-state index contributed by atoms with van der Waals surface area (Å²) in [7, 11) is 0. The van der Waals surface area contributed by atoms with Gasteiger partial charge in [0.15, 0.2) is 0 Å². The Morgan fingerprint density at radius 2 is 2.25 bits per heavy atom. The van der Waals surface area contributed by atoms with Crippen molar-refractivity contribution in [2.45, 2.75) is 6.18 Å². The molecule has 8 heteroatoms. The molecule has 0 N–H and O–H groups in total. The lowest BCUT2D eigenvalue weighted by molar-refractivity contribution is -0.140. The third-order valence-electron chi connectivity index (χ3n) is 1.65. The topological polar surface area (TPSA) is 33.2 Å². The molecule has 0 spiro atoms. The maximum Gasteiger partial charge on any atom is 0.406 e. The van der Waals surface area contributed by atoms with Crippen LogP contribution in [0.15, 0.2) is 11.7 Å². The molecule has 90 valence electrons. The van der Waals surface area contributed by atoms with Crippen LogP contribution in [0.4, 0.5) is 13.2 Å². The number of thiazole rings is 1. The number of nitrogens with zero attached hydrogens (tertiary/aromatic N) is 2. The molecule has 3 nitrogen and oxygen atoms in total. The predicted molar refractivity (Wildman–Crippen MR) is 57.9 cm³/mol. The first-order chi connectivity index (χ1) is 7.44. The molecule has 0 bridgehead atoms. The van der Waals surface area contributed by atoms with Crippen LogP contribution in [0.5, 0.6) is 0 Å². The van der Waals surface area contributed by atoms with Gasteiger partial charge in [-0.15, -0.1) is 11.3 Å². The van der Waals surface area contributed by atoms with Crippen LogP contribution in [0.2, 0.25) is 0 Å². The van der Waals surface area contributed by atoms with Crippen LogP contribution < -0.4 is 0 Å². The van der Waals surface area contributed by atoms with Gasteiger partial charge in [-0.1, -0.05) is 15.9 Å². The molecule has 0 aromatic carbocycles. The number of rotatable bonds is 4. The van der Waals surface area contributed by atoms with E-state index in [0.29, 0.717) is 5.33 Å². The molecule has 1 aromatic heterocycles. The first-order valence-electron chi connectivity index (χ1n) is 4.24. The van der Waals surface area contributed by atoms with Crippen LogP contribution in [-0.2, 0) is 0 Å². The van der Waals surface area contributed by atoms with Gasteiger partial charge in [-0.2, -0.15) is 13.2 Å². The molecule has 0 aliphatic rings. The zero-order valence-corrected chi connectivity index (χ0v) is 10.4. The second-order valence-electron chi connectivity index (χ2n) is 2.90. The van der Waals surface area contributed by atoms with Crippen molar-refractivity contribution in [3.8, 4) is 0 Å². The van der Waals surface area contributed by atoms with Crippen molar-refractivity contribution in [2.75, 3.05) is 18.4 Å². The monoisotopic (exact) mass is 316 g/mol. The predicted octanol–water partition coefficient (Wildman–Crippen LogP) is 2.54. The van der Waals surface area contributed by atoms with E-state index in [1.54, 1.807) is 0 Å². The second-order valence-corrected chi connectivity index (χ2v) is 4.58. The average molecular weight is 317 g/mol. The first-order valence-corrected chi connectivity index (χ1v) is 6.24. The molecule has 0 unspecified atom stereocenters. The Morgan fingerprint density at radius 3 is 2.69 bits per heavy atom. The normalized spacial score (nSPS) is 11.5. The fourth-order valence-corrected chi connectivity index (χ4v) is 2.06. The van der Waals surface area contributed by atoms with Gasteiger partial charge in [-0.05, 0) is 0 Å². The van der Waals surface area contributed by atoms with E-state index < -0.39 is 18.6 Å². The summed E-state index contributed by atoms with van der Waals surface area (Å²) >= 11 is 4.04. The third-order valence-corrected chi connectivity index (χ3v) is 2.77. The Labute approximate surface area is 102 Å². The molecule has 0 fully saturated rings. The van der Waals surface area contributed by atoms with E-state index in [0.717, 1.165) is 16.2 Å². The highest BCUT2D eigenvalue weighted by molar-refractivity contribution is 9.09. The summed E-state index contributed by atoms with van der Waals surface area (Å²) in [5.74, 6) is -0.640. The molecule has 0 atom stereocenters. The maximum absolute atomic E-state index is 12.2. The third kappa shape index (κ3) is 4.09. The summed E-state index contributed by atoms with van der Waals surface area (Å²) in [5.41, 5.74) is 1.41. The van der Waals surface area contributed by atoms with Crippen molar-refractivity contribution in [3.05, 3.63) is 16.6 Å². The van der Waals surface area contributed by atoms with E-state index in [4.69, 9.17) is 0 Å². The number of hydrogen-bond acceptors (Lipinski definition) is 3. The van der Waals surface area contributed by atoms with Crippen LogP contribution >= 0.6 is 27.3 Å². The number of halogens is 4. The molecule has 0 saturated heterocycles. The molecular weight excluding hydrogens is 309 g/mol. The molecule has 1 heterocycles. The van der Waals surface area contributed by atoms with Crippen molar-refractivity contribution in [2.24, 2.45) is 0 Å². The van der Waals surface area contributed by atoms with Crippen molar-refractivity contribution in [1.82, 2.24) is 9.88 Å². The van der Waals surface area contributed by atoms with Gasteiger partial charge in [-0.3, -0.25) is 9.78 Å². The lowest BCUT2D eigenvalue weighted by Gasteiger charge is -2.22. The Hall–Kier alpha value is -0.630. The molecule has 16 heavy (non-hydrogen) atoms. The number of amides is 1. The summed E-state index contributed by atoms with van der Waals surface area (Å²) in [6.07, 6.45) is -3.12. The molecule has 0 radical (unpaired) electrons. The minimum Gasteiger partial charge on any atom is -0.328 e. The number of hydrogen-bond donors (Lipinski definition) is 0. The summed E-state index contributed by atoms with van der Waals surface area (Å²) in [5, 5.41) is 0.299. The Morgan fingerprint density at radius 1 is 1.56 bits per heavy atom. The van der Waals surface area contributed by atoms with Gasteiger partial charge in [0, 0.05) is 11.9 Å². The van der Waals surface area contributed by atoms with Gasteiger partial charge < -0.3 is 4.90 Å². The zero-order chi connectivity index (χ0) is 12.2. The number of carbonyl (C=O) groups is 1. The van der Waals surface area contributed by atoms with Crippen LogP contribution in [0.1, 0.15) is 9.67 Å². The lowest BCUT2D eigenvalue weighted by Crippen LogP contribution is -2.39. The highest BCUT2D eigenvalue weighted by Gasteiger charge is 2.33. The van der Waals surface area contributed by atoms with Crippen molar-refractivity contribution in [3.63, 3.8) is 0 Å². The zero-order valence-electron chi connectivity index (χ0n) is 8.00. The van der Waals surface area contributed by atoms with E-state index in [2.05, 4.69) is 20.9 Å². The van der Waals surface area contributed by atoms with Gasteiger partial charge in [0.05, 0.1) is 11.7 Å². The fraction of sp³-hybridized carbons (Fsp3) is 0.500. The summed E-state index contributed by atoms with van der Waals surface area (Å²) in [4.78, 5) is 16.3. The fourth-order valence-electron chi connectivity index (χ4n) is 1.05.